The van der Waals surface area contributed by atoms with Gasteiger partial charge in [0.25, 0.3) is 0 Å². The highest BCUT2D eigenvalue weighted by atomic mass is 79.9. The van der Waals surface area contributed by atoms with E-state index in [-0.39, 0.29) is 19.4 Å². The number of halogens is 5. The third-order valence-electron chi connectivity index (χ3n) is 6.67. The molecule has 1 aliphatic rings. The second kappa shape index (κ2) is 12.6. The molecular weight excluding hydrogens is 617 g/mol. The monoisotopic (exact) mass is 646 g/mol. The van der Waals surface area contributed by atoms with Crippen molar-refractivity contribution < 1.29 is 27.8 Å². The van der Waals surface area contributed by atoms with Gasteiger partial charge >= 0.3 is 6.36 Å². The van der Waals surface area contributed by atoms with E-state index in [1.54, 1.807) is 29.9 Å². The standard InChI is InChI=1S/C26H31BrClF3N6O3/c1-14-21(22-15(2)23(27)35-36(22)4)33-24(19-11-18(5-6-20(19)28)39-13-16(38)12-32-3)34-25(14)37-9-7-17(8-10-37)40-26(29,30)31/h5-6,11,16-17,32,38H,7-10,12-13H2,1-4H3/t16-/m1/s1. The van der Waals surface area contributed by atoms with Crippen molar-refractivity contribution in [1.29, 1.82) is 0 Å². The molecule has 1 fully saturated rings. The Balaban J connectivity index is 1.76. The summed E-state index contributed by atoms with van der Waals surface area (Å²) in [6, 6.07) is 5.08. The number of likely N-dealkylation sites (N-methyl/N-ethyl adjacent to an activating group) is 1. The summed E-state index contributed by atoms with van der Waals surface area (Å²) >= 11 is 10.1. The van der Waals surface area contributed by atoms with E-state index in [0.29, 0.717) is 57.9 Å². The topological polar surface area (TPSA) is 97.6 Å². The second-order valence-corrected chi connectivity index (χ2v) is 10.8. The Bertz CT molecular complexity index is 1350. The molecule has 1 aliphatic heterocycles. The maximum Gasteiger partial charge on any atom is 0.522 e. The van der Waals surface area contributed by atoms with E-state index in [0.717, 1.165) is 16.8 Å². The van der Waals surface area contributed by atoms with Gasteiger partial charge in [0, 0.05) is 43.4 Å². The van der Waals surface area contributed by atoms with Crippen LogP contribution in [0, 0.1) is 13.8 Å². The summed E-state index contributed by atoms with van der Waals surface area (Å²) in [5.74, 6) is 1.40. The van der Waals surface area contributed by atoms with Gasteiger partial charge in [-0.2, -0.15) is 5.10 Å². The van der Waals surface area contributed by atoms with Crippen molar-refractivity contribution in [3.63, 3.8) is 0 Å². The van der Waals surface area contributed by atoms with E-state index in [9.17, 15) is 18.3 Å². The predicted molar refractivity (Wildman–Crippen MR) is 150 cm³/mol. The summed E-state index contributed by atoms with van der Waals surface area (Å²) in [4.78, 5) is 11.7. The molecule has 1 aromatic carbocycles. The van der Waals surface area contributed by atoms with Gasteiger partial charge in [0.15, 0.2) is 5.82 Å². The normalized spacial score (nSPS) is 15.5. The molecule has 0 saturated carbocycles. The minimum absolute atomic E-state index is 0.0738. The molecule has 0 radical (unpaired) electrons. The van der Waals surface area contributed by atoms with Crippen LogP contribution in [0.25, 0.3) is 22.8 Å². The zero-order valence-corrected chi connectivity index (χ0v) is 24.9. The van der Waals surface area contributed by atoms with Crippen LogP contribution in [-0.4, -0.2) is 76.7 Å². The number of nitrogens with zero attached hydrogens (tertiary/aromatic N) is 5. The summed E-state index contributed by atoms with van der Waals surface area (Å²) in [5, 5.41) is 17.8. The lowest BCUT2D eigenvalue weighted by Gasteiger charge is -2.34. The van der Waals surface area contributed by atoms with E-state index < -0.39 is 18.6 Å². The molecule has 4 rings (SSSR count). The van der Waals surface area contributed by atoms with Crippen molar-refractivity contribution in [2.24, 2.45) is 7.05 Å². The number of nitrogens with one attached hydrogen (secondary N) is 1. The second-order valence-electron chi connectivity index (χ2n) is 9.65. The number of hydrogen-bond donors (Lipinski definition) is 2. The quantitative estimate of drug-likeness (QED) is 0.334. The van der Waals surface area contributed by atoms with Gasteiger partial charge in [0.2, 0.25) is 0 Å². The molecule has 3 heterocycles. The number of aromatic nitrogens is 4. The fraction of sp³-hybridized carbons (Fsp3) is 0.500. The Morgan fingerprint density at radius 2 is 1.90 bits per heavy atom. The lowest BCUT2D eigenvalue weighted by Crippen LogP contribution is -2.40. The molecule has 9 nitrogen and oxygen atoms in total. The van der Waals surface area contributed by atoms with Gasteiger partial charge in [-0.05, 0) is 67.9 Å². The number of aryl methyl sites for hydroxylation is 1. The highest BCUT2D eigenvalue weighted by molar-refractivity contribution is 9.10. The summed E-state index contributed by atoms with van der Waals surface area (Å²) in [6.45, 7) is 4.91. The van der Waals surface area contributed by atoms with E-state index in [1.165, 1.54) is 0 Å². The number of anilines is 1. The highest BCUT2D eigenvalue weighted by Gasteiger charge is 2.35. The first kappa shape index (κ1) is 30.5. The summed E-state index contributed by atoms with van der Waals surface area (Å²) in [7, 11) is 3.55. The van der Waals surface area contributed by atoms with E-state index >= 15 is 0 Å². The van der Waals surface area contributed by atoms with Gasteiger partial charge in [-0.25, -0.2) is 9.97 Å². The Kier molecular flexibility index (Phi) is 9.61. The lowest BCUT2D eigenvalue weighted by atomic mass is 10.0. The molecule has 3 aromatic rings. The van der Waals surface area contributed by atoms with Crippen LogP contribution < -0.4 is 15.0 Å². The molecule has 14 heteroatoms. The number of benzene rings is 1. The van der Waals surface area contributed by atoms with Crippen LogP contribution in [0.15, 0.2) is 22.8 Å². The number of rotatable bonds is 9. The average molecular weight is 648 g/mol. The maximum absolute atomic E-state index is 12.8. The minimum atomic E-state index is -4.67. The largest absolute Gasteiger partial charge is 0.522 e. The van der Waals surface area contributed by atoms with Crippen molar-refractivity contribution >= 4 is 33.3 Å². The molecule has 40 heavy (non-hydrogen) atoms. The van der Waals surface area contributed by atoms with Crippen molar-refractivity contribution in [2.45, 2.75) is 45.3 Å². The number of ether oxygens (including phenoxy) is 2. The first-order valence-corrected chi connectivity index (χ1v) is 13.9. The maximum atomic E-state index is 12.8. The average Bonchev–Trinajstić information content (AvgIpc) is 3.14. The van der Waals surface area contributed by atoms with Crippen LogP contribution in [-0.2, 0) is 11.8 Å². The fourth-order valence-corrected chi connectivity index (χ4v) is 5.35. The molecule has 1 saturated heterocycles. The molecule has 0 aliphatic carbocycles. The third-order valence-corrected chi connectivity index (χ3v) is 7.76. The Hall–Kier alpha value is -2.45. The Morgan fingerprint density at radius 1 is 1.20 bits per heavy atom. The zero-order valence-electron chi connectivity index (χ0n) is 22.5. The van der Waals surface area contributed by atoms with Gasteiger partial charge in [0.05, 0.1) is 22.5 Å². The molecular formula is C26H31BrClF3N6O3. The van der Waals surface area contributed by atoms with Crippen molar-refractivity contribution in [3.8, 4) is 28.5 Å². The van der Waals surface area contributed by atoms with Crippen molar-refractivity contribution in [3.05, 3.63) is 39.0 Å². The smallest absolute Gasteiger partial charge is 0.491 e. The molecule has 0 bridgehead atoms. The van der Waals surface area contributed by atoms with Gasteiger partial charge < -0.3 is 20.1 Å². The number of piperidine rings is 1. The van der Waals surface area contributed by atoms with E-state index in [1.807, 2.05) is 25.8 Å². The summed E-state index contributed by atoms with van der Waals surface area (Å²) in [6.07, 6.45) is -5.89. The molecule has 1 atom stereocenters. The molecule has 218 valence electrons. The molecule has 0 amide bonds. The van der Waals surface area contributed by atoms with Crippen LogP contribution >= 0.6 is 27.5 Å². The summed E-state index contributed by atoms with van der Waals surface area (Å²) < 4.78 is 50.8. The molecule has 0 spiro atoms. The van der Waals surface area contributed by atoms with Crippen molar-refractivity contribution in [1.82, 2.24) is 25.1 Å². The Morgan fingerprint density at radius 3 is 2.50 bits per heavy atom. The van der Waals surface area contributed by atoms with Crippen LogP contribution in [0.4, 0.5) is 19.0 Å². The first-order valence-electron chi connectivity index (χ1n) is 12.7. The number of aliphatic hydroxyl groups is 1. The van der Waals surface area contributed by atoms with Crippen LogP contribution in [0.5, 0.6) is 5.75 Å². The zero-order chi connectivity index (χ0) is 29.2. The SMILES string of the molecule is CNC[C@@H](O)COc1ccc(Cl)c(-c2nc(-c3c(C)c(Br)nn3C)c(C)c(N3CCC(OC(F)(F)F)CC3)n2)c1. The molecule has 0 unspecified atom stereocenters. The van der Waals surface area contributed by atoms with Gasteiger partial charge in [-0.15, -0.1) is 13.2 Å². The van der Waals surface area contributed by atoms with Crippen LogP contribution in [0.2, 0.25) is 5.02 Å². The van der Waals surface area contributed by atoms with Crippen LogP contribution in [0.3, 0.4) is 0 Å². The minimum Gasteiger partial charge on any atom is -0.491 e. The van der Waals surface area contributed by atoms with E-state index in [4.69, 9.17) is 26.3 Å². The fourth-order valence-electron chi connectivity index (χ4n) is 4.72. The van der Waals surface area contributed by atoms with E-state index in [2.05, 4.69) is 31.1 Å². The summed E-state index contributed by atoms with van der Waals surface area (Å²) in [5.41, 5.74) is 3.54. The highest BCUT2D eigenvalue weighted by Crippen LogP contribution is 2.38. The van der Waals surface area contributed by atoms with Crippen LogP contribution in [0.1, 0.15) is 24.0 Å². The van der Waals surface area contributed by atoms with Gasteiger partial charge in [-0.3, -0.25) is 9.42 Å². The third kappa shape index (κ3) is 7.06. The number of aliphatic hydroxyl groups excluding tert-OH is 1. The van der Waals surface area contributed by atoms with Crippen molar-refractivity contribution in [2.75, 3.05) is 38.2 Å². The van der Waals surface area contributed by atoms with Gasteiger partial charge in [0.1, 0.15) is 28.9 Å². The lowest BCUT2D eigenvalue weighted by molar-refractivity contribution is -0.344. The number of alkyl halides is 3. The van der Waals surface area contributed by atoms with Gasteiger partial charge in [-0.1, -0.05) is 11.6 Å². The predicted octanol–water partition coefficient (Wildman–Crippen LogP) is 5.04. The molecule has 2 aromatic heterocycles. The first-order chi connectivity index (χ1) is 18.9. The molecule has 2 N–H and O–H groups in total. The number of hydrogen-bond acceptors (Lipinski definition) is 8. The Labute approximate surface area is 243 Å².